The van der Waals surface area contributed by atoms with E-state index >= 15 is 0 Å². The van der Waals surface area contributed by atoms with E-state index in [1.807, 2.05) is 24.4 Å². The van der Waals surface area contributed by atoms with Gasteiger partial charge in [-0.3, -0.25) is 4.79 Å². The summed E-state index contributed by atoms with van der Waals surface area (Å²) in [6.07, 6.45) is 0.762. The molecule has 134 valence electrons. The number of benzene rings is 1. The van der Waals surface area contributed by atoms with E-state index in [0.29, 0.717) is 18.9 Å². The van der Waals surface area contributed by atoms with Crippen molar-refractivity contribution in [3.63, 3.8) is 0 Å². The van der Waals surface area contributed by atoms with Crippen LogP contribution in [0.15, 0.2) is 41.8 Å². The van der Waals surface area contributed by atoms with Gasteiger partial charge in [-0.25, -0.2) is 4.79 Å². The molecule has 0 atom stereocenters. The quantitative estimate of drug-likeness (QED) is 0.656. The van der Waals surface area contributed by atoms with E-state index in [2.05, 4.69) is 5.32 Å². The van der Waals surface area contributed by atoms with E-state index in [4.69, 9.17) is 14.2 Å². The fourth-order valence-electron chi connectivity index (χ4n) is 1.96. The molecule has 2 rings (SSSR count). The summed E-state index contributed by atoms with van der Waals surface area (Å²) in [5.74, 6) is 0.339. The van der Waals surface area contributed by atoms with Gasteiger partial charge in [0.15, 0.2) is 13.2 Å². The molecule has 1 N–H and O–H groups in total. The second kappa shape index (κ2) is 10.4. The molecular formula is C18H21NO5S. The van der Waals surface area contributed by atoms with E-state index in [1.54, 1.807) is 35.6 Å². The summed E-state index contributed by atoms with van der Waals surface area (Å²) in [6.45, 7) is 2.44. The number of hydrogen-bond acceptors (Lipinski definition) is 6. The largest absolute Gasteiger partial charge is 0.494 e. The van der Waals surface area contributed by atoms with Crippen LogP contribution in [0.4, 0.5) is 0 Å². The van der Waals surface area contributed by atoms with Gasteiger partial charge >= 0.3 is 5.97 Å². The van der Waals surface area contributed by atoms with Crippen LogP contribution in [0, 0.1) is 0 Å². The molecule has 0 aliphatic rings. The molecule has 0 aliphatic carbocycles. The minimum absolute atomic E-state index is 0.254. The Morgan fingerprint density at radius 3 is 2.40 bits per heavy atom. The summed E-state index contributed by atoms with van der Waals surface area (Å²) in [4.78, 5) is 24.4. The van der Waals surface area contributed by atoms with Crippen molar-refractivity contribution in [3.8, 4) is 11.5 Å². The van der Waals surface area contributed by atoms with Gasteiger partial charge in [0.2, 0.25) is 0 Å². The highest BCUT2D eigenvalue weighted by molar-refractivity contribution is 7.09. The molecule has 1 aromatic carbocycles. The Morgan fingerprint density at radius 1 is 1.04 bits per heavy atom. The lowest BCUT2D eigenvalue weighted by molar-refractivity contribution is -0.150. The average molecular weight is 363 g/mol. The van der Waals surface area contributed by atoms with Crippen LogP contribution in [0.1, 0.15) is 11.8 Å². The molecule has 6 nitrogen and oxygen atoms in total. The fourth-order valence-corrected chi connectivity index (χ4v) is 2.67. The van der Waals surface area contributed by atoms with Gasteiger partial charge < -0.3 is 19.5 Å². The number of ether oxygens (including phenoxy) is 3. The first-order valence-corrected chi connectivity index (χ1v) is 8.85. The summed E-state index contributed by atoms with van der Waals surface area (Å²) in [5, 5.41) is 4.69. The zero-order valence-corrected chi connectivity index (χ0v) is 14.8. The number of amides is 1. The maximum atomic E-state index is 11.6. The molecule has 0 unspecified atom stereocenters. The number of hydrogen-bond donors (Lipinski definition) is 1. The van der Waals surface area contributed by atoms with Crippen molar-refractivity contribution in [2.75, 3.05) is 26.4 Å². The molecule has 1 heterocycles. The van der Waals surface area contributed by atoms with Gasteiger partial charge in [-0.2, -0.15) is 0 Å². The Kier molecular flexibility index (Phi) is 7.78. The Bertz CT molecular complexity index is 655. The number of thiophene rings is 1. The van der Waals surface area contributed by atoms with Crippen LogP contribution in [0.3, 0.4) is 0 Å². The Labute approximate surface area is 150 Å². The average Bonchev–Trinajstić information content (AvgIpc) is 3.13. The van der Waals surface area contributed by atoms with E-state index in [-0.39, 0.29) is 19.1 Å². The molecule has 0 saturated carbocycles. The second-order valence-electron chi connectivity index (χ2n) is 5.03. The van der Waals surface area contributed by atoms with Crippen LogP contribution in [-0.2, 0) is 20.7 Å². The van der Waals surface area contributed by atoms with Gasteiger partial charge in [0.05, 0.1) is 6.61 Å². The highest BCUT2D eigenvalue weighted by Gasteiger charge is 2.08. The third kappa shape index (κ3) is 7.26. The lowest BCUT2D eigenvalue weighted by Gasteiger charge is -2.08. The molecule has 2 aromatic rings. The first kappa shape index (κ1) is 18.8. The lowest BCUT2D eigenvalue weighted by atomic mass is 10.3. The fraction of sp³-hybridized carbons (Fsp3) is 0.333. The molecule has 1 amide bonds. The van der Waals surface area contributed by atoms with Crippen molar-refractivity contribution in [2.45, 2.75) is 13.3 Å². The smallest absolute Gasteiger partial charge is 0.344 e. The van der Waals surface area contributed by atoms with Crippen molar-refractivity contribution in [3.05, 3.63) is 46.7 Å². The van der Waals surface area contributed by atoms with Crippen LogP contribution < -0.4 is 14.8 Å². The minimum Gasteiger partial charge on any atom is -0.494 e. The monoisotopic (exact) mass is 363 g/mol. The first-order chi connectivity index (χ1) is 12.2. The molecule has 7 heteroatoms. The van der Waals surface area contributed by atoms with Crippen LogP contribution in [0.2, 0.25) is 0 Å². The van der Waals surface area contributed by atoms with Gasteiger partial charge in [-0.15, -0.1) is 11.3 Å². The van der Waals surface area contributed by atoms with Crippen molar-refractivity contribution in [1.29, 1.82) is 0 Å². The van der Waals surface area contributed by atoms with Gasteiger partial charge in [0.25, 0.3) is 5.91 Å². The maximum absolute atomic E-state index is 11.6. The molecule has 0 radical (unpaired) electrons. The maximum Gasteiger partial charge on any atom is 0.344 e. The summed E-state index contributed by atoms with van der Waals surface area (Å²) in [6, 6.07) is 10.9. The summed E-state index contributed by atoms with van der Waals surface area (Å²) < 4.78 is 15.5. The summed E-state index contributed by atoms with van der Waals surface area (Å²) in [5.41, 5.74) is 0. The molecule has 0 saturated heterocycles. The van der Waals surface area contributed by atoms with Gasteiger partial charge in [0, 0.05) is 11.4 Å². The van der Waals surface area contributed by atoms with Crippen molar-refractivity contribution in [1.82, 2.24) is 5.32 Å². The first-order valence-electron chi connectivity index (χ1n) is 7.97. The number of esters is 1. The molecule has 0 spiro atoms. The Morgan fingerprint density at radius 2 is 1.76 bits per heavy atom. The molecule has 0 aliphatic heterocycles. The van der Waals surface area contributed by atoms with E-state index in [1.165, 1.54) is 4.88 Å². The van der Waals surface area contributed by atoms with Gasteiger partial charge in [-0.05, 0) is 49.1 Å². The Balaban J connectivity index is 1.58. The standard InChI is InChI=1S/C18H21NO5S/c1-2-22-14-5-7-15(8-6-14)23-13-18(21)24-12-17(20)19-10-9-16-4-3-11-25-16/h3-8,11H,2,9-10,12-13H2,1H3,(H,19,20). The minimum atomic E-state index is -0.595. The van der Waals surface area contributed by atoms with Gasteiger partial charge in [0.1, 0.15) is 11.5 Å². The molecular weight excluding hydrogens is 342 g/mol. The normalized spacial score (nSPS) is 10.1. The summed E-state index contributed by atoms with van der Waals surface area (Å²) in [7, 11) is 0. The summed E-state index contributed by atoms with van der Waals surface area (Å²) >= 11 is 1.64. The highest BCUT2D eigenvalue weighted by atomic mass is 32.1. The number of rotatable bonds is 10. The zero-order chi connectivity index (χ0) is 17.9. The van der Waals surface area contributed by atoms with Gasteiger partial charge in [-0.1, -0.05) is 6.07 Å². The number of carbonyl (C=O) groups is 2. The van der Waals surface area contributed by atoms with Crippen LogP contribution in [0.25, 0.3) is 0 Å². The predicted molar refractivity (Wildman–Crippen MR) is 95.1 cm³/mol. The number of nitrogens with one attached hydrogen (secondary N) is 1. The van der Waals surface area contributed by atoms with Crippen LogP contribution >= 0.6 is 11.3 Å². The van der Waals surface area contributed by atoms with E-state index in [0.717, 1.165) is 12.2 Å². The molecule has 25 heavy (non-hydrogen) atoms. The second-order valence-corrected chi connectivity index (χ2v) is 6.07. The molecule has 1 aromatic heterocycles. The molecule has 0 fully saturated rings. The van der Waals surface area contributed by atoms with Crippen LogP contribution in [0.5, 0.6) is 11.5 Å². The predicted octanol–water partition coefficient (Wildman–Crippen LogP) is 2.43. The Hall–Kier alpha value is -2.54. The zero-order valence-electron chi connectivity index (χ0n) is 14.0. The third-order valence-corrected chi connectivity index (χ3v) is 4.07. The van der Waals surface area contributed by atoms with E-state index < -0.39 is 5.97 Å². The van der Waals surface area contributed by atoms with Crippen LogP contribution in [-0.4, -0.2) is 38.2 Å². The topological polar surface area (TPSA) is 73.9 Å². The SMILES string of the molecule is CCOc1ccc(OCC(=O)OCC(=O)NCCc2cccs2)cc1. The van der Waals surface area contributed by atoms with Crippen molar-refractivity contribution in [2.24, 2.45) is 0 Å². The number of carbonyl (C=O) groups excluding carboxylic acids is 2. The highest BCUT2D eigenvalue weighted by Crippen LogP contribution is 2.17. The molecule has 0 bridgehead atoms. The third-order valence-electron chi connectivity index (χ3n) is 3.13. The van der Waals surface area contributed by atoms with Crippen molar-refractivity contribution >= 4 is 23.2 Å². The van der Waals surface area contributed by atoms with Crippen molar-refractivity contribution < 1.29 is 23.8 Å². The lowest BCUT2D eigenvalue weighted by Crippen LogP contribution is -2.31. The van der Waals surface area contributed by atoms with E-state index in [9.17, 15) is 9.59 Å².